The molecule has 0 aliphatic carbocycles. The van der Waals surface area contributed by atoms with Gasteiger partial charge in [0.05, 0.1) is 7.11 Å². The molecular weight excluding hydrogens is 310 g/mol. The summed E-state index contributed by atoms with van der Waals surface area (Å²) in [6.07, 6.45) is 0.336. The average molecular weight is 328 g/mol. The normalized spacial score (nSPS) is 13.5. The number of halogens is 1. The van der Waals surface area contributed by atoms with E-state index in [0.29, 0.717) is 6.42 Å². The topological polar surface area (TPSA) is 55.4 Å². The van der Waals surface area contributed by atoms with Crippen LogP contribution in [0.25, 0.3) is 0 Å². The summed E-state index contributed by atoms with van der Waals surface area (Å²) in [6.45, 7) is 3.58. The molecule has 1 aromatic rings. The fourth-order valence-corrected chi connectivity index (χ4v) is 1.99. The fraction of sp³-hybridized carbons (Fsp3) is 0.429. The van der Waals surface area contributed by atoms with E-state index in [1.807, 2.05) is 31.2 Å². The third kappa shape index (κ3) is 5.03. The molecule has 0 bridgehead atoms. The van der Waals surface area contributed by atoms with E-state index in [0.717, 1.165) is 10.0 Å². The van der Waals surface area contributed by atoms with Crippen LogP contribution in [0.4, 0.5) is 0 Å². The van der Waals surface area contributed by atoms with Crippen LogP contribution < -0.4 is 5.32 Å². The molecule has 1 N–H and O–H groups in total. The van der Waals surface area contributed by atoms with Crippen molar-refractivity contribution in [2.24, 2.45) is 0 Å². The summed E-state index contributed by atoms with van der Waals surface area (Å²) in [6, 6.07) is 7.23. The number of carbonyl (C=O) groups excluding carboxylic acids is 2. The molecule has 0 saturated heterocycles. The van der Waals surface area contributed by atoms with Crippen molar-refractivity contribution >= 4 is 27.8 Å². The number of rotatable bonds is 5. The number of hydrogen-bond donors (Lipinski definition) is 1. The maximum Gasteiger partial charge on any atom is 0.328 e. The second kappa shape index (κ2) is 7.28. The van der Waals surface area contributed by atoms with Crippen molar-refractivity contribution in [3.05, 3.63) is 34.3 Å². The molecule has 0 radical (unpaired) electrons. The van der Waals surface area contributed by atoms with Gasteiger partial charge in [-0.1, -0.05) is 35.0 Å². The first kappa shape index (κ1) is 15.7. The zero-order valence-corrected chi connectivity index (χ0v) is 12.9. The number of ether oxygens (including phenoxy) is 1. The summed E-state index contributed by atoms with van der Waals surface area (Å²) in [7, 11) is 1.30. The highest BCUT2D eigenvalue weighted by Crippen LogP contribution is 2.21. The van der Waals surface area contributed by atoms with Crippen molar-refractivity contribution in [1.82, 2.24) is 5.32 Å². The van der Waals surface area contributed by atoms with Crippen molar-refractivity contribution in [1.29, 1.82) is 0 Å². The lowest BCUT2D eigenvalue weighted by atomic mass is 9.97. The Morgan fingerprint density at radius 3 is 2.37 bits per heavy atom. The summed E-state index contributed by atoms with van der Waals surface area (Å²) in [5.74, 6) is -0.504. The first-order valence-electron chi connectivity index (χ1n) is 6.06. The summed E-state index contributed by atoms with van der Waals surface area (Å²) < 4.78 is 5.56. The van der Waals surface area contributed by atoms with Gasteiger partial charge in [0.15, 0.2) is 0 Å². The smallest absolute Gasteiger partial charge is 0.328 e. The minimum atomic E-state index is -0.616. The molecule has 5 heteroatoms. The van der Waals surface area contributed by atoms with Gasteiger partial charge in [-0.2, -0.15) is 0 Å². The Kier molecular flexibility index (Phi) is 6.02. The van der Waals surface area contributed by atoms with Gasteiger partial charge in [0.2, 0.25) is 5.91 Å². The van der Waals surface area contributed by atoms with Crippen molar-refractivity contribution in [3.8, 4) is 0 Å². The first-order chi connectivity index (χ1) is 8.93. The molecule has 104 valence electrons. The molecule has 0 fully saturated rings. The van der Waals surface area contributed by atoms with Crippen molar-refractivity contribution in [3.63, 3.8) is 0 Å². The minimum absolute atomic E-state index is 0.0953. The number of benzene rings is 1. The van der Waals surface area contributed by atoms with Crippen molar-refractivity contribution < 1.29 is 14.3 Å². The zero-order chi connectivity index (χ0) is 14.4. The number of hydrogen-bond acceptors (Lipinski definition) is 3. The maximum atomic E-state index is 11.8. The van der Waals surface area contributed by atoms with E-state index in [2.05, 4.69) is 26.0 Å². The summed E-state index contributed by atoms with van der Waals surface area (Å²) in [5, 5.41) is 2.62. The van der Waals surface area contributed by atoms with Crippen LogP contribution in [-0.4, -0.2) is 25.0 Å². The number of nitrogens with one attached hydrogen (secondary N) is 1. The van der Waals surface area contributed by atoms with E-state index in [-0.39, 0.29) is 11.8 Å². The number of esters is 1. The highest BCUT2D eigenvalue weighted by atomic mass is 79.9. The minimum Gasteiger partial charge on any atom is -0.467 e. The fourth-order valence-electron chi connectivity index (χ4n) is 1.72. The van der Waals surface area contributed by atoms with Crippen LogP contribution in [0.15, 0.2) is 28.7 Å². The van der Waals surface area contributed by atoms with Gasteiger partial charge in [-0.15, -0.1) is 0 Å². The Morgan fingerprint density at radius 1 is 1.26 bits per heavy atom. The average Bonchev–Trinajstić information content (AvgIpc) is 2.38. The SMILES string of the molecule is COC(=O)C(C)NC(=O)CC(C)c1ccc(Br)cc1. The molecule has 2 atom stereocenters. The quantitative estimate of drug-likeness (QED) is 0.846. The molecule has 1 aromatic carbocycles. The highest BCUT2D eigenvalue weighted by Gasteiger charge is 2.17. The predicted octanol–water partition coefficient (Wildman–Crippen LogP) is 2.62. The highest BCUT2D eigenvalue weighted by molar-refractivity contribution is 9.10. The molecule has 1 amide bonds. The number of methoxy groups -OCH3 is 1. The van der Waals surface area contributed by atoms with E-state index >= 15 is 0 Å². The van der Waals surface area contributed by atoms with Gasteiger partial charge >= 0.3 is 5.97 Å². The van der Waals surface area contributed by atoms with E-state index in [1.54, 1.807) is 6.92 Å². The Balaban J connectivity index is 2.52. The molecule has 0 aliphatic rings. The Labute approximate surface area is 121 Å². The monoisotopic (exact) mass is 327 g/mol. The van der Waals surface area contributed by atoms with Crippen LogP contribution in [0.2, 0.25) is 0 Å². The second-order valence-corrected chi connectivity index (χ2v) is 5.38. The summed E-state index contributed by atoms with van der Waals surface area (Å²) in [5.41, 5.74) is 1.09. The summed E-state index contributed by atoms with van der Waals surface area (Å²) in [4.78, 5) is 23.0. The Bertz CT molecular complexity index is 445. The molecule has 0 heterocycles. The largest absolute Gasteiger partial charge is 0.467 e. The van der Waals surface area contributed by atoms with Crippen molar-refractivity contribution in [2.75, 3.05) is 7.11 Å². The zero-order valence-electron chi connectivity index (χ0n) is 11.3. The lowest BCUT2D eigenvalue weighted by Gasteiger charge is -2.15. The lowest BCUT2D eigenvalue weighted by molar-refractivity contribution is -0.144. The van der Waals surface area contributed by atoms with Gasteiger partial charge in [-0.25, -0.2) is 4.79 Å². The molecular formula is C14H18BrNO3. The lowest BCUT2D eigenvalue weighted by Crippen LogP contribution is -2.39. The first-order valence-corrected chi connectivity index (χ1v) is 6.86. The molecule has 4 nitrogen and oxygen atoms in total. The van der Waals surface area contributed by atoms with E-state index in [9.17, 15) is 9.59 Å². The molecule has 1 rings (SSSR count). The Morgan fingerprint density at radius 2 is 1.84 bits per heavy atom. The van der Waals surface area contributed by atoms with Gasteiger partial charge < -0.3 is 10.1 Å². The van der Waals surface area contributed by atoms with Gasteiger partial charge in [0, 0.05) is 10.9 Å². The molecule has 0 aromatic heterocycles. The van der Waals surface area contributed by atoms with Gasteiger partial charge in [-0.05, 0) is 30.5 Å². The van der Waals surface area contributed by atoms with Crippen LogP contribution in [0, 0.1) is 0 Å². The van der Waals surface area contributed by atoms with Gasteiger partial charge in [0.1, 0.15) is 6.04 Å². The molecule has 0 aliphatic heterocycles. The third-order valence-electron chi connectivity index (χ3n) is 2.86. The number of carbonyl (C=O) groups is 2. The second-order valence-electron chi connectivity index (χ2n) is 4.47. The van der Waals surface area contributed by atoms with E-state index in [4.69, 9.17) is 0 Å². The Hall–Kier alpha value is -1.36. The van der Waals surface area contributed by atoms with Gasteiger partial charge in [-0.3, -0.25) is 4.79 Å². The molecule has 19 heavy (non-hydrogen) atoms. The van der Waals surface area contributed by atoms with E-state index in [1.165, 1.54) is 7.11 Å². The molecule has 0 spiro atoms. The number of amides is 1. The van der Waals surface area contributed by atoms with Crippen molar-refractivity contribution in [2.45, 2.75) is 32.2 Å². The van der Waals surface area contributed by atoms with Crippen LogP contribution >= 0.6 is 15.9 Å². The van der Waals surface area contributed by atoms with Crippen LogP contribution in [0.1, 0.15) is 31.7 Å². The maximum absolute atomic E-state index is 11.8. The van der Waals surface area contributed by atoms with Crippen LogP contribution in [0.3, 0.4) is 0 Å². The predicted molar refractivity (Wildman–Crippen MR) is 76.8 cm³/mol. The third-order valence-corrected chi connectivity index (χ3v) is 3.39. The van der Waals surface area contributed by atoms with Gasteiger partial charge in [0.25, 0.3) is 0 Å². The molecule has 2 unspecified atom stereocenters. The standard InChI is InChI=1S/C14H18BrNO3/c1-9(11-4-6-12(15)7-5-11)8-13(17)16-10(2)14(18)19-3/h4-7,9-10H,8H2,1-3H3,(H,16,17). The van der Waals surface area contributed by atoms with Crippen LogP contribution in [-0.2, 0) is 14.3 Å². The summed E-state index contributed by atoms with van der Waals surface area (Å²) >= 11 is 3.37. The molecule has 0 saturated carbocycles. The van der Waals surface area contributed by atoms with Crippen LogP contribution in [0.5, 0.6) is 0 Å². The van der Waals surface area contributed by atoms with E-state index < -0.39 is 12.0 Å².